The first-order chi connectivity index (χ1) is 13.2. The predicted octanol–water partition coefficient (Wildman–Crippen LogP) is 2.42. The van der Waals surface area contributed by atoms with E-state index in [0.29, 0.717) is 35.7 Å². The second kappa shape index (κ2) is 10.6. The quantitative estimate of drug-likeness (QED) is 0.335. The van der Waals surface area contributed by atoms with Crippen LogP contribution in [0, 0.1) is 11.3 Å². The molecule has 160 valence electrons. The van der Waals surface area contributed by atoms with Crippen LogP contribution in [0.2, 0.25) is 0 Å². The van der Waals surface area contributed by atoms with Crippen LogP contribution < -0.4 is 15.4 Å². The van der Waals surface area contributed by atoms with Crippen LogP contribution in [0.25, 0.3) is 0 Å². The summed E-state index contributed by atoms with van der Waals surface area (Å²) in [6, 6.07) is 3.33. The second-order valence-electron chi connectivity index (χ2n) is 8.04. The van der Waals surface area contributed by atoms with E-state index in [-0.39, 0.29) is 11.5 Å². The van der Waals surface area contributed by atoms with Gasteiger partial charge in [-0.3, -0.25) is 4.99 Å². The molecular weight excluding hydrogens is 396 g/mol. The molecule has 2 unspecified atom stereocenters. The van der Waals surface area contributed by atoms with Gasteiger partial charge in [0.25, 0.3) is 0 Å². The highest BCUT2D eigenvalue weighted by molar-refractivity contribution is 7.91. The van der Waals surface area contributed by atoms with Crippen molar-refractivity contribution in [3.8, 4) is 0 Å². The van der Waals surface area contributed by atoms with Crippen LogP contribution in [0.15, 0.2) is 26.7 Å². The van der Waals surface area contributed by atoms with Gasteiger partial charge in [-0.2, -0.15) is 0 Å². The molecule has 2 atom stereocenters. The molecule has 0 radical (unpaired) electrons. The van der Waals surface area contributed by atoms with E-state index >= 15 is 0 Å². The summed E-state index contributed by atoms with van der Waals surface area (Å²) >= 11 is 1.21. The molecule has 0 spiro atoms. The highest BCUT2D eigenvalue weighted by Crippen LogP contribution is 2.34. The minimum atomic E-state index is -3.43. The normalized spacial score (nSPS) is 21.5. The van der Waals surface area contributed by atoms with Gasteiger partial charge >= 0.3 is 0 Å². The van der Waals surface area contributed by atoms with Gasteiger partial charge in [0.1, 0.15) is 4.21 Å². The molecule has 1 aliphatic rings. The SMILES string of the molecule is CCNC(=NCC1CCCOC1C(C)(C)C)NCCNS(=O)(=O)c1cccs1. The smallest absolute Gasteiger partial charge is 0.250 e. The summed E-state index contributed by atoms with van der Waals surface area (Å²) in [7, 11) is -3.43. The first-order valence-corrected chi connectivity index (χ1v) is 12.3. The molecule has 1 saturated heterocycles. The summed E-state index contributed by atoms with van der Waals surface area (Å²) in [6.45, 7) is 11.7. The molecule has 1 aromatic heterocycles. The van der Waals surface area contributed by atoms with Gasteiger partial charge in [-0.15, -0.1) is 11.3 Å². The van der Waals surface area contributed by atoms with Gasteiger partial charge in [0, 0.05) is 38.7 Å². The summed E-state index contributed by atoms with van der Waals surface area (Å²) in [5.41, 5.74) is 0.0897. The number of aliphatic imine (C=N–C) groups is 1. The van der Waals surface area contributed by atoms with Gasteiger partial charge < -0.3 is 15.4 Å². The Hall–Kier alpha value is -1.16. The Kier molecular flexibility index (Phi) is 8.73. The van der Waals surface area contributed by atoms with Crippen molar-refractivity contribution in [2.75, 3.05) is 32.8 Å². The Labute approximate surface area is 173 Å². The summed E-state index contributed by atoms with van der Waals surface area (Å²) in [6.07, 6.45) is 2.39. The van der Waals surface area contributed by atoms with Gasteiger partial charge in [-0.1, -0.05) is 26.8 Å². The first kappa shape index (κ1) is 23.1. The number of nitrogens with one attached hydrogen (secondary N) is 3. The molecule has 0 aliphatic carbocycles. The Morgan fingerprint density at radius 2 is 2.11 bits per heavy atom. The molecule has 0 aromatic carbocycles. The van der Waals surface area contributed by atoms with E-state index in [1.807, 2.05) is 6.92 Å². The zero-order valence-corrected chi connectivity index (χ0v) is 19.0. The van der Waals surface area contributed by atoms with Crippen LogP contribution in [0.1, 0.15) is 40.5 Å². The molecule has 0 bridgehead atoms. The Balaban J connectivity index is 1.86. The van der Waals surface area contributed by atoms with E-state index in [1.165, 1.54) is 11.3 Å². The van der Waals surface area contributed by atoms with Crippen molar-refractivity contribution in [1.82, 2.24) is 15.4 Å². The third-order valence-corrected chi connectivity index (χ3v) is 7.45. The molecule has 9 heteroatoms. The van der Waals surface area contributed by atoms with Gasteiger partial charge in [0.05, 0.1) is 6.10 Å². The lowest BCUT2D eigenvalue weighted by Crippen LogP contribution is -2.44. The zero-order valence-electron chi connectivity index (χ0n) is 17.3. The van der Waals surface area contributed by atoms with E-state index in [0.717, 1.165) is 26.0 Å². The average molecular weight is 431 g/mol. The number of guanidine groups is 1. The number of ether oxygens (including phenoxy) is 1. The maximum Gasteiger partial charge on any atom is 0.250 e. The summed E-state index contributed by atoms with van der Waals surface area (Å²) in [4.78, 5) is 4.72. The van der Waals surface area contributed by atoms with Crippen molar-refractivity contribution >= 4 is 27.3 Å². The number of sulfonamides is 1. The van der Waals surface area contributed by atoms with Crippen molar-refractivity contribution in [3.63, 3.8) is 0 Å². The number of rotatable bonds is 8. The third kappa shape index (κ3) is 7.02. The monoisotopic (exact) mass is 430 g/mol. The highest BCUT2D eigenvalue weighted by atomic mass is 32.2. The largest absolute Gasteiger partial charge is 0.377 e. The van der Waals surface area contributed by atoms with Gasteiger partial charge in [-0.25, -0.2) is 13.1 Å². The van der Waals surface area contributed by atoms with Crippen molar-refractivity contribution in [3.05, 3.63) is 17.5 Å². The molecule has 0 saturated carbocycles. The van der Waals surface area contributed by atoms with Crippen LogP contribution in [0.3, 0.4) is 0 Å². The topological polar surface area (TPSA) is 91.8 Å². The van der Waals surface area contributed by atoms with Gasteiger partial charge in [0.2, 0.25) is 10.0 Å². The predicted molar refractivity (Wildman–Crippen MR) is 115 cm³/mol. The zero-order chi connectivity index (χ0) is 20.6. The number of hydrogen-bond donors (Lipinski definition) is 3. The Bertz CT molecular complexity index is 712. The van der Waals surface area contributed by atoms with Crippen molar-refractivity contribution < 1.29 is 13.2 Å². The third-order valence-electron chi connectivity index (χ3n) is 4.60. The van der Waals surface area contributed by atoms with Crippen LogP contribution >= 0.6 is 11.3 Å². The standard InChI is InChI=1S/C19H34N4O3S2/c1-5-20-18(21-10-11-23-28(24,25)16-9-7-13-27-16)22-14-15-8-6-12-26-17(15)19(2,3)4/h7,9,13,15,17,23H,5-6,8,10-12,14H2,1-4H3,(H2,20,21,22). The lowest BCUT2D eigenvalue weighted by molar-refractivity contribution is -0.0823. The van der Waals surface area contributed by atoms with E-state index < -0.39 is 10.0 Å². The average Bonchev–Trinajstić information content (AvgIpc) is 3.18. The molecular formula is C19H34N4O3S2. The van der Waals surface area contributed by atoms with Gasteiger partial charge in [0.15, 0.2) is 5.96 Å². The fourth-order valence-electron chi connectivity index (χ4n) is 3.39. The van der Waals surface area contributed by atoms with Crippen molar-refractivity contribution in [2.24, 2.45) is 16.3 Å². The van der Waals surface area contributed by atoms with Crippen LogP contribution in [0.5, 0.6) is 0 Å². The lowest BCUT2D eigenvalue weighted by Gasteiger charge is -2.39. The van der Waals surface area contributed by atoms with Crippen molar-refractivity contribution in [1.29, 1.82) is 0 Å². The maximum absolute atomic E-state index is 12.1. The molecule has 0 amide bonds. The van der Waals surface area contributed by atoms with E-state index in [2.05, 4.69) is 36.1 Å². The van der Waals surface area contributed by atoms with Crippen LogP contribution in [0.4, 0.5) is 0 Å². The van der Waals surface area contributed by atoms with Crippen LogP contribution in [-0.4, -0.2) is 53.3 Å². The fraction of sp³-hybridized carbons (Fsp3) is 0.737. The lowest BCUT2D eigenvalue weighted by atomic mass is 9.78. The molecule has 1 fully saturated rings. The molecule has 28 heavy (non-hydrogen) atoms. The molecule has 1 aromatic rings. The first-order valence-electron chi connectivity index (χ1n) is 9.91. The summed E-state index contributed by atoms with van der Waals surface area (Å²) in [5, 5.41) is 8.18. The van der Waals surface area contributed by atoms with Gasteiger partial charge in [-0.05, 0) is 36.6 Å². The minimum absolute atomic E-state index is 0.0897. The minimum Gasteiger partial charge on any atom is -0.377 e. The summed E-state index contributed by atoms with van der Waals surface area (Å²) in [5.74, 6) is 1.09. The summed E-state index contributed by atoms with van der Waals surface area (Å²) < 4.78 is 33.2. The fourth-order valence-corrected chi connectivity index (χ4v) is 5.46. The molecule has 1 aliphatic heterocycles. The number of nitrogens with zero attached hydrogens (tertiary/aromatic N) is 1. The van der Waals surface area contributed by atoms with E-state index in [4.69, 9.17) is 9.73 Å². The van der Waals surface area contributed by atoms with Crippen molar-refractivity contribution in [2.45, 2.75) is 50.8 Å². The number of thiophene rings is 1. The molecule has 3 N–H and O–H groups in total. The van der Waals surface area contributed by atoms with E-state index in [1.54, 1.807) is 17.5 Å². The Morgan fingerprint density at radius 3 is 2.75 bits per heavy atom. The van der Waals surface area contributed by atoms with Crippen LogP contribution in [-0.2, 0) is 14.8 Å². The number of hydrogen-bond acceptors (Lipinski definition) is 5. The molecule has 2 heterocycles. The molecule has 2 rings (SSSR count). The molecule has 7 nitrogen and oxygen atoms in total. The highest BCUT2D eigenvalue weighted by Gasteiger charge is 2.35. The second-order valence-corrected chi connectivity index (χ2v) is 11.0. The van der Waals surface area contributed by atoms with E-state index in [9.17, 15) is 8.42 Å². The maximum atomic E-state index is 12.1. The Morgan fingerprint density at radius 1 is 1.32 bits per heavy atom.